The lowest BCUT2D eigenvalue weighted by Gasteiger charge is -2.10. The number of halogens is 1. The number of nitrogens with zero attached hydrogens (tertiary/aromatic N) is 2. The number of hydrogen-bond donors (Lipinski definition) is 2. The third kappa shape index (κ3) is 5.65. The minimum absolute atomic E-state index is 0.102. The first-order chi connectivity index (χ1) is 11.1. The summed E-state index contributed by atoms with van der Waals surface area (Å²) in [7, 11) is 0. The second-order valence-corrected chi connectivity index (χ2v) is 7.21. The maximum atomic E-state index is 12.8. The van der Waals surface area contributed by atoms with Crippen LogP contribution in [0.1, 0.15) is 12.5 Å². The molecule has 1 heterocycles. The van der Waals surface area contributed by atoms with Gasteiger partial charge in [-0.1, -0.05) is 41.3 Å². The summed E-state index contributed by atoms with van der Waals surface area (Å²) in [6, 6.07) is 6.04. The molecular formula is C15H17FN4OS2. The van der Waals surface area contributed by atoms with E-state index < -0.39 is 0 Å². The minimum atomic E-state index is -0.296. The van der Waals surface area contributed by atoms with Gasteiger partial charge in [0.25, 0.3) is 0 Å². The fourth-order valence-corrected chi connectivity index (χ4v) is 3.56. The van der Waals surface area contributed by atoms with Gasteiger partial charge in [0.05, 0.1) is 5.25 Å². The van der Waals surface area contributed by atoms with Crippen molar-refractivity contribution in [1.82, 2.24) is 15.5 Å². The Kier molecular flexibility index (Phi) is 6.54. The summed E-state index contributed by atoms with van der Waals surface area (Å²) in [5.41, 5.74) is 0.851. The van der Waals surface area contributed by atoms with E-state index in [0.717, 1.165) is 9.90 Å². The molecule has 0 radical (unpaired) electrons. The summed E-state index contributed by atoms with van der Waals surface area (Å²) < 4.78 is 13.5. The minimum Gasteiger partial charge on any atom is -0.357 e. The van der Waals surface area contributed by atoms with Crippen LogP contribution >= 0.6 is 23.1 Å². The fraction of sp³-hybridized carbons (Fsp3) is 0.267. The Morgan fingerprint density at radius 2 is 2.17 bits per heavy atom. The second kappa shape index (κ2) is 8.64. The van der Waals surface area contributed by atoms with E-state index in [4.69, 9.17) is 0 Å². The van der Waals surface area contributed by atoms with Gasteiger partial charge in [-0.3, -0.25) is 4.79 Å². The molecule has 1 atom stereocenters. The maximum absolute atomic E-state index is 12.8. The molecule has 0 aliphatic heterocycles. The molecule has 2 aromatic rings. The van der Waals surface area contributed by atoms with Gasteiger partial charge in [-0.15, -0.1) is 16.8 Å². The highest BCUT2D eigenvalue weighted by Crippen LogP contribution is 2.28. The van der Waals surface area contributed by atoms with Gasteiger partial charge >= 0.3 is 0 Å². The molecular weight excluding hydrogens is 335 g/mol. The number of rotatable bonds is 8. The lowest BCUT2D eigenvalue weighted by Crippen LogP contribution is -2.30. The highest BCUT2D eigenvalue weighted by molar-refractivity contribution is 8.02. The van der Waals surface area contributed by atoms with E-state index in [2.05, 4.69) is 27.4 Å². The molecule has 2 rings (SSSR count). The topological polar surface area (TPSA) is 66.9 Å². The maximum Gasteiger partial charge on any atom is 0.233 e. The summed E-state index contributed by atoms with van der Waals surface area (Å²) >= 11 is 2.75. The molecule has 1 amide bonds. The number of anilines is 1. The van der Waals surface area contributed by atoms with Crippen LogP contribution in [-0.2, 0) is 11.3 Å². The molecule has 23 heavy (non-hydrogen) atoms. The Labute approximate surface area is 142 Å². The number of aromatic nitrogens is 2. The largest absolute Gasteiger partial charge is 0.357 e. The Balaban J connectivity index is 1.81. The van der Waals surface area contributed by atoms with Crippen LogP contribution in [0.4, 0.5) is 9.52 Å². The van der Waals surface area contributed by atoms with Gasteiger partial charge in [-0.25, -0.2) is 4.39 Å². The Morgan fingerprint density at radius 1 is 1.43 bits per heavy atom. The van der Waals surface area contributed by atoms with Crippen LogP contribution in [0.25, 0.3) is 0 Å². The third-order valence-electron chi connectivity index (χ3n) is 2.83. The fourth-order valence-electron chi connectivity index (χ4n) is 1.63. The molecule has 0 bridgehead atoms. The molecule has 1 aromatic heterocycles. The van der Waals surface area contributed by atoms with Gasteiger partial charge in [0.15, 0.2) is 4.34 Å². The molecule has 0 aliphatic rings. The number of carbonyl (C=O) groups excluding carboxylic acids is 1. The van der Waals surface area contributed by atoms with Crippen molar-refractivity contribution in [1.29, 1.82) is 0 Å². The smallest absolute Gasteiger partial charge is 0.233 e. The average molecular weight is 352 g/mol. The molecule has 5 nitrogen and oxygen atoms in total. The predicted octanol–water partition coefficient (Wildman–Crippen LogP) is 3.07. The molecule has 0 fully saturated rings. The van der Waals surface area contributed by atoms with Gasteiger partial charge in [0.2, 0.25) is 11.0 Å². The van der Waals surface area contributed by atoms with E-state index in [0.29, 0.717) is 18.2 Å². The standard InChI is InChI=1S/C15H17FN4OS2/c1-3-8-17-14-19-20-15(23-14)22-10(2)13(21)18-9-11-4-6-12(16)7-5-11/h3-7,10H,1,8-9H2,2H3,(H,17,19)(H,18,21)/t10-/m1/s1. The van der Waals surface area contributed by atoms with Gasteiger partial charge in [-0.2, -0.15) is 0 Å². The van der Waals surface area contributed by atoms with Crippen LogP contribution in [0.3, 0.4) is 0 Å². The van der Waals surface area contributed by atoms with Crippen LogP contribution in [-0.4, -0.2) is 27.9 Å². The first kappa shape index (κ1) is 17.4. The highest BCUT2D eigenvalue weighted by Gasteiger charge is 2.16. The summed E-state index contributed by atoms with van der Waals surface area (Å²) in [5.74, 6) is -0.392. The van der Waals surface area contributed by atoms with E-state index in [1.807, 2.05) is 6.92 Å². The van der Waals surface area contributed by atoms with Crippen molar-refractivity contribution < 1.29 is 9.18 Å². The van der Waals surface area contributed by atoms with Crippen LogP contribution in [0.2, 0.25) is 0 Å². The highest BCUT2D eigenvalue weighted by atomic mass is 32.2. The monoisotopic (exact) mass is 352 g/mol. The molecule has 0 saturated carbocycles. The molecule has 1 aromatic carbocycles. The van der Waals surface area contributed by atoms with Gasteiger partial charge in [0, 0.05) is 13.1 Å². The molecule has 0 unspecified atom stereocenters. The number of carbonyl (C=O) groups is 1. The van der Waals surface area contributed by atoms with Crippen molar-refractivity contribution in [3.63, 3.8) is 0 Å². The molecule has 2 N–H and O–H groups in total. The van der Waals surface area contributed by atoms with Gasteiger partial charge in [0.1, 0.15) is 5.82 Å². The summed E-state index contributed by atoms with van der Waals surface area (Å²) in [4.78, 5) is 12.1. The zero-order chi connectivity index (χ0) is 16.7. The first-order valence-electron chi connectivity index (χ1n) is 6.95. The van der Waals surface area contributed by atoms with Gasteiger partial charge < -0.3 is 10.6 Å². The van der Waals surface area contributed by atoms with E-state index in [1.54, 1.807) is 18.2 Å². The number of benzene rings is 1. The molecule has 0 saturated heterocycles. The van der Waals surface area contributed by atoms with Crippen molar-refractivity contribution in [3.05, 3.63) is 48.3 Å². The molecule has 0 aliphatic carbocycles. The van der Waals surface area contributed by atoms with E-state index in [-0.39, 0.29) is 17.0 Å². The molecule has 122 valence electrons. The Bertz CT molecular complexity index is 660. The number of hydrogen-bond acceptors (Lipinski definition) is 6. The number of nitrogens with one attached hydrogen (secondary N) is 2. The third-order valence-corrected chi connectivity index (χ3v) is 4.90. The van der Waals surface area contributed by atoms with Crippen LogP contribution in [0, 0.1) is 5.82 Å². The van der Waals surface area contributed by atoms with Crippen LogP contribution < -0.4 is 10.6 Å². The number of thioether (sulfide) groups is 1. The quantitative estimate of drug-likeness (QED) is 0.564. The average Bonchev–Trinajstić information content (AvgIpc) is 2.99. The summed E-state index contributed by atoms with van der Waals surface area (Å²) in [6.07, 6.45) is 1.74. The SMILES string of the molecule is C=CCNc1nnc(S[C@H](C)C(=O)NCc2ccc(F)cc2)s1. The van der Waals surface area contributed by atoms with E-state index >= 15 is 0 Å². The zero-order valence-corrected chi connectivity index (χ0v) is 14.2. The van der Waals surface area contributed by atoms with Crippen molar-refractivity contribution >= 4 is 34.1 Å². The Morgan fingerprint density at radius 3 is 2.87 bits per heavy atom. The van der Waals surface area contributed by atoms with Crippen LogP contribution in [0.5, 0.6) is 0 Å². The Hall–Kier alpha value is -1.93. The molecule has 8 heteroatoms. The van der Waals surface area contributed by atoms with Crippen molar-refractivity contribution in [2.75, 3.05) is 11.9 Å². The van der Waals surface area contributed by atoms with Gasteiger partial charge in [-0.05, 0) is 24.6 Å². The van der Waals surface area contributed by atoms with Crippen molar-refractivity contribution in [2.45, 2.75) is 23.1 Å². The normalized spacial score (nSPS) is 11.7. The van der Waals surface area contributed by atoms with E-state index in [9.17, 15) is 9.18 Å². The van der Waals surface area contributed by atoms with Crippen LogP contribution in [0.15, 0.2) is 41.3 Å². The summed E-state index contributed by atoms with van der Waals surface area (Å²) in [6.45, 7) is 6.41. The van der Waals surface area contributed by atoms with Crippen molar-refractivity contribution in [2.24, 2.45) is 0 Å². The second-order valence-electron chi connectivity index (χ2n) is 4.65. The van der Waals surface area contributed by atoms with E-state index in [1.165, 1.54) is 35.2 Å². The lowest BCUT2D eigenvalue weighted by atomic mass is 10.2. The lowest BCUT2D eigenvalue weighted by molar-refractivity contribution is -0.120. The van der Waals surface area contributed by atoms with Crippen molar-refractivity contribution in [3.8, 4) is 0 Å². The first-order valence-corrected chi connectivity index (χ1v) is 8.65. The number of amides is 1. The predicted molar refractivity (Wildman–Crippen MR) is 92.2 cm³/mol. The molecule has 0 spiro atoms. The summed E-state index contributed by atoms with van der Waals surface area (Å²) in [5, 5.41) is 14.3. The zero-order valence-electron chi connectivity index (χ0n) is 12.6.